The van der Waals surface area contributed by atoms with Gasteiger partial charge in [-0.2, -0.15) is 0 Å². The first-order chi connectivity index (χ1) is 17.8. The first-order valence-corrected chi connectivity index (χ1v) is 16.3. The van der Waals surface area contributed by atoms with Crippen molar-refractivity contribution in [1.82, 2.24) is 10.6 Å². The van der Waals surface area contributed by atoms with Gasteiger partial charge in [-0.25, -0.2) is 0 Å². The summed E-state index contributed by atoms with van der Waals surface area (Å²) in [6.45, 7) is 11.2. The molecule has 0 heterocycles. The minimum atomic E-state index is 0.503. The second kappa shape index (κ2) is 24.5. The maximum absolute atomic E-state index is 3.75. The Hall–Kier alpha value is -0.860. The highest BCUT2D eigenvalue weighted by atomic mass is 14.9. The zero-order valence-corrected chi connectivity index (χ0v) is 25.0. The Morgan fingerprint density at radius 1 is 0.417 bits per heavy atom. The summed E-state index contributed by atoms with van der Waals surface area (Å²) in [4.78, 5) is 0. The molecule has 210 valence electrons. The summed E-state index contributed by atoms with van der Waals surface area (Å²) in [5, 5.41) is 7.50. The Bertz CT molecular complexity index is 516. The molecule has 0 spiro atoms. The van der Waals surface area contributed by atoms with Crippen LogP contribution in [-0.4, -0.2) is 13.1 Å². The molecule has 2 heteroatoms. The zero-order valence-electron chi connectivity index (χ0n) is 25.0. The van der Waals surface area contributed by atoms with Crippen molar-refractivity contribution < 1.29 is 0 Å². The van der Waals surface area contributed by atoms with Gasteiger partial charge in [0.25, 0.3) is 0 Å². The van der Waals surface area contributed by atoms with Crippen LogP contribution in [0.5, 0.6) is 0 Å². The molecule has 2 N–H and O–H groups in total. The predicted octanol–water partition coefficient (Wildman–Crippen LogP) is 10.8. The van der Waals surface area contributed by atoms with Crippen LogP contribution < -0.4 is 10.6 Å². The van der Waals surface area contributed by atoms with Gasteiger partial charge in [-0.1, -0.05) is 168 Å². The van der Waals surface area contributed by atoms with Crippen molar-refractivity contribution in [2.75, 3.05) is 13.1 Å². The summed E-state index contributed by atoms with van der Waals surface area (Å²) in [6, 6.07) is 10.6. The summed E-state index contributed by atoms with van der Waals surface area (Å²) in [5.41, 5.74) is 2.94. The van der Waals surface area contributed by atoms with E-state index in [9.17, 15) is 0 Å². The second-order valence-corrected chi connectivity index (χ2v) is 11.1. The van der Waals surface area contributed by atoms with Crippen LogP contribution in [0.15, 0.2) is 24.3 Å². The van der Waals surface area contributed by atoms with Crippen molar-refractivity contribution >= 4 is 0 Å². The number of unbranched alkanes of at least 4 members (excludes halogenated alkanes) is 16. The summed E-state index contributed by atoms with van der Waals surface area (Å²) >= 11 is 0. The average Bonchev–Trinajstić information content (AvgIpc) is 2.90. The van der Waals surface area contributed by atoms with E-state index < -0.39 is 0 Å². The fourth-order valence-corrected chi connectivity index (χ4v) is 5.54. The lowest BCUT2D eigenvalue weighted by Gasteiger charge is -2.22. The molecular formula is C34H64N2. The van der Waals surface area contributed by atoms with Crippen molar-refractivity contribution in [3.63, 3.8) is 0 Å². The smallest absolute Gasteiger partial charge is 0.0320 e. The lowest BCUT2D eigenvalue weighted by Crippen LogP contribution is -2.22. The SMILES string of the molecule is CCCCCCCCCCCC(NCC)c1ccc(C(CCCCCCCCCCC)NCC)cc1. The zero-order chi connectivity index (χ0) is 26.1. The van der Waals surface area contributed by atoms with Gasteiger partial charge in [0.1, 0.15) is 0 Å². The number of benzene rings is 1. The molecule has 0 aliphatic carbocycles. The maximum atomic E-state index is 3.75. The Labute approximate surface area is 227 Å². The van der Waals surface area contributed by atoms with Gasteiger partial charge in [0.15, 0.2) is 0 Å². The molecule has 36 heavy (non-hydrogen) atoms. The molecule has 0 amide bonds. The third-order valence-corrected chi connectivity index (χ3v) is 7.83. The van der Waals surface area contributed by atoms with Crippen molar-refractivity contribution in [2.24, 2.45) is 0 Å². The third-order valence-electron chi connectivity index (χ3n) is 7.83. The molecule has 1 aromatic rings. The summed E-state index contributed by atoms with van der Waals surface area (Å²) in [7, 11) is 0. The Kier molecular flexibility index (Phi) is 22.6. The molecule has 0 aliphatic rings. The van der Waals surface area contributed by atoms with Gasteiger partial charge < -0.3 is 10.6 Å². The molecule has 2 nitrogen and oxygen atoms in total. The molecule has 0 radical (unpaired) electrons. The van der Waals surface area contributed by atoms with E-state index in [0.29, 0.717) is 12.1 Å². The molecule has 0 saturated heterocycles. The van der Waals surface area contributed by atoms with Crippen LogP contribution in [0.25, 0.3) is 0 Å². The van der Waals surface area contributed by atoms with Crippen LogP contribution in [0.4, 0.5) is 0 Å². The van der Waals surface area contributed by atoms with E-state index in [1.807, 2.05) is 0 Å². The van der Waals surface area contributed by atoms with Crippen LogP contribution in [0.1, 0.15) is 179 Å². The lowest BCUT2D eigenvalue weighted by atomic mass is 9.95. The predicted molar refractivity (Wildman–Crippen MR) is 163 cm³/mol. The van der Waals surface area contributed by atoms with Crippen molar-refractivity contribution in [3.8, 4) is 0 Å². The van der Waals surface area contributed by atoms with Gasteiger partial charge in [0, 0.05) is 12.1 Å². The van der Waals surface area contributed by atoms with Gasteiger partial charge in [0.2, 0.25) is 0 Å². The van der Waals surface area contributed by atoms with Crippen LogP contribution in [0.3, 0.4) is 0 Å². The van der Waals surface area contributed by atoms with Gasteiger partial charge in [-0.3, -0.25) is 0 Å². The van der Waals surface area contributed by atoms with Gasteiger partial charge in [-0.05, 0) is 37.1 Å². The van der Waals surface area contributed by atoms with Crippen LogP contribution in [0, 0.1) is 0 Å². The highest BCUT2D eigenvalue weighted by Gasteiger charge is 2.13. The molecular weight excluding hydrogens is 436 g/mol. The largest absolute Gasteiger partial charge is 0.310 e. The van der Waals surface area contributed by atoms with Crippen molar-refractivity contribution in [1.29, 1.82) is 0 Å². The molecule has 2 atom stereocenters. The molecule has 1 rings (SSSR count). The quantitative estimate of drug-likeness (QED) is 0.124. The summed E-state index contributed by atoms with van der Waals surface area (Å²) in [5.74, 6) is 0. The summed E-state index contributed by atoms with van der Waals surface area (Å²) < 4.78 is 0. The monoisotopic (exact) mass is 501 g/mol. The minimum absolute atomic E-state index is 0.503. The Morgan fingerprint density at radius 2 is 0.694 bits per heavy atom. The van der Waals surface area contributed by atoms with E-state index >= 15 is 0 Å². The Balaban J connectivity index is 2.37. The van der Waals surface area contributed by atoms with Gasteiger partial charge in [0.05, 0.1) is 0 Å². The number of rotatable bonds is 26. The van der Waals surface area contributed by atoms with E-state index in [1.165, 1.54) is 140 Å². The average molecular weight is 501 g/mol. The van der Waals surface area contributed by atoms with Crippen LogP contribution in [0.2, 0.25) is 0 Å². The number of hydrogen-bond acceptors (Lipinski definition) is 2. The minimum Gasteiger partial charge on any atom is -0.310 e. The Morgan fingerprint density at radius 3 is 0.972 bits per heavy atom. The van der Waals surface area contributed by atoms with Crippen LogP contribution >= 0.6 is 0 Å². The van der Waals surface area contributed by atoms with Crippen molar-refractivity contribution in [3.05, 3.63) is 35.4 Å². The van der Waals surface area contributed by atoms with Crippen molar-refractivity contribution in [2.45, 2.75) is 168 Å². The maximum Gasteiger partial charge on any atom is 0.0320 e. The normalized spacial score (nSPS) is 13.2. The second-order valence-electron chi connectivity index (χ2n) is 11.1. The van der Waals surface area contributed by atoms with Gasteiger partial charge >= 0.3 is 0 Å². The van der Waals surface area contributed by atoms with Crippen LogP contribution in [-0.2, 0) is 0 Å². The topological polar surface area (TPSA) is 24.1 Å². The molecule has 0 aliphatic heterocycles. The van der Waals surface area contributed by atoms with E-state index in [-0.39, 0.29) is 0 Å². The molecule has 0 saturated carbocycles. The standard InChI is InChI=1S/C34H64N2/c1-5-9-11-13-15-17-19-21-23-25-33(35-7-3)31-27-29-32(30-28-31)34(36-8-4)26-24-22-20-18-16-14-12-10-6-2/h27-30,33-36H,5-26H2,1-4H3. The molecule has 1 aromatic carbocycles. The fraction of sp³-hybridized carbons (Fsp3) is 0.824. The first-order valence-electron chi connectivity index (χ1n) is 16.3. The lowest BCUT2D eigenvalue weighted by molar-refractivity contribution is 0.469. The molecule has 2 unspecified atom stereocenters. The summed E-state index contributed by atoms with van der Waals surface area (Å²) in [6.07, 6.45) is 27.8. The number of nitrogens with one attached hydrogen (secondary N) is 2. The van der Waals surface area contributed by atoms with E-state index in [4.69, 9.17) is 0 Å². The molecule has 0 bridgehead atoms. The first kappa shape index (κ1) is 33.2. The number of hydrogen-bond donors (Lipinski definition) is 2. The van der Waals surface area contributed by atoms with E-state index in [0.717, 1.165) is 13.1 Å². The molecule has 0 fully saturated rings. The fourth-order valence-electron chi connectivity index (χ4n) is 5.54. The highest BCUT2D eigenvalue weighted by molar-refractivity contribution is 5.27. The van der Waals surface area contributed by atoms with E-state index in [2.05, 4.69) is 62.6 Å². The van der Waals surface area contributed by atoms with E-state index in [1.54, 1.807) is 0 Å². The third kappa shape index (κ3) is 16.8. The molecule has 0 aromatic heterocycles. The highest BCUT2D eigenvalue weighted by Crippen LogP contribution is 2.25. The van der Waals surface area contributed by atoms with Gasteiger partial charge in [-0.15, -0.1) is 0 Å².